The van der Waals surface area contributed by atoms with Gasteiger partial charge < -0.3 is 0 Å². The van der Waals surface area contributed by atoms with Gasteiger partial charge in [-0.05, 0) is 36.8 Å². The third-order valence-electron chi connectivity index (χ3n) is 3.37. The normalized spacial score (nSPS) is 19.4. The van der Waals surface area contributed by atoms with Crippen LogP contribution in [0.1, 0.15) is 44.1 Å². The van der Waals surface area contributed by atoms with Crippen molar-refractivity contribution in [3.63, 3.8) is 0 Å². The van der Waals surface area contributed by atoms with Gasteiger partial charge in [0.25, 0.3) is 0 Å². The van der Waals surface area contributed by atoms with E-state index >= 15 is 0 Å². The van der Waals surface area contributed by atoms with Crippen molar-refractivity contribution in [1.82, 2.24) is 0 Å². The fraction of sp³-hybridized carbons (Fsp3) is 0.333. The molecular formula is C18H22. The Morgan fingerprint density at radius 1 is 0.722 bits per heavy atom. The van der Waals surface area contributed by atoms with Crippen LogP contribution in [0.15, 0.2) is 60.7 Å². The molecule has 0 unspecified atom stereocenters. The molecule has 0 saturated carbocycles. The lowest BCUT2D eigenvalue weighted by atomic mass is 9.98. The third-order valence-corrected chi connectivity index (χ3v) is 3.37. The molecule has 0 aromatic heterocycles. The summed E-state index contributed by atoms with van der Waals surface area (Å²) < 4.78 is 0. The Labute approximate surface area is 111 Å². The molecule has 0 heterocycles. The highest BCUT2D eigenvalue weighted by molar-refractivity contribution is 5.66. The van der Waals surface area contributed by atoms with Gasteiger partial charge in [-0.25, -0.2) is 0 Å². The summed E-state index contributed by atoms with van der Waals surface area (Å²) in [7, 11) is 0. The largest absolute Gasteiger partial charge is 0.0845 e. The minimum atomic E-state index is 1.19. The summed E-state index contributed by atoms with van der Waals surface area (Å²) >= 11 is 0. The van der Waals surface area contributed by atoms with Crippen molar-refractivity contribution in [2.24, 2.45) is 0 Å². The second-order valence-corrected chi connectivity index (χ2v) is 4.82. The fourth-order valence-electron chi connectivity index (χ4n) is 2.32. The number of rotatable bonds is 1. The maximum Gasteiger partial charge on any atom is -0.0225 e. The second kappa shape index (κ2) is 7.71. The molecule has 0 heteroatoms. The van der Waals surface area contributed by atoms with E-state index in [9.17, 15) is 0 Å². The lowest BCUT2D eigenvalue weighted by Gasteiger charge is -2.07. The van der Waals surface area contributed by atoms with Crippen LogP contribution in [0, 0.1) is 0 Å². The summed E-state index contributed by atoms with van der Waals surface area (Å²) in [6, 6.07) is 10.7. The van der Waals surface area contributed by atoms with Gasteiger partial charge in [0.05, 0.1) is 0 Å². The van der Waals surface area contributed by atoms with Gasteiger partial charge >= 0.3 is 0 Å². The summed E-state index contributed by atoms with van der Waals surface area (Å²) in [5, 5.41) is 0. The van der Waals surface area contributed by atoms with Gasteiger partial charge in [-0.15, -0.1) is 0 Å². The minimum absolute atomic E-state index is 1.19. The molecule has 94 valence electrons. The molecule has 0 spiro atoms. The Kier molecular flexibility index (Phi) is 5.52. The lowest BCUT2D eigenvalue weighted by molar-refractivity contribution is 0.655. The number of allylic oxidation sites excluding steroid dienone is 6. The van der Waals surface area contributed by atoms with Crippen molar-refractivity contribution in [3.05, 3.63) is 66.3 Å². The van der Waals surface area contributed by atoms with E-state index in [1.165, 1.54) is 49.7 Å². The van der Waals surface area contributed by atoms with E-state index in [1.807, 2.05) is 0 Å². The molecule has 0 N–H and O–H groups in total. The van der Waals surface area contributed by atoms with Crippen LogP contribution in [0.5, 0.6) is 0 Å². The average Bonchev–Trinajstić information content (AvgIpc) is 2.40. The second-order valence-electron chi connectivity index (χ2n) is 4.82. The zero-order valence-corrected chi connectivity index (χ0v) is 11.0. The van der Waals surface area contributed by atoms with Crippen molar-refractivity contribution >= 4 is 5.57 Å². The van der Waals surface area contributed by atoms with E-state index in [-0.39, 0.29) is 0 Å². The Bertz CT molecular complexity index is 421. The van der Waals surface area contributed by atoms with Crippen LogP contribution in [-0.4, -0.2) is 0 Å². The standard InChI is InChI=1S/C18H22/c1-2-4-6-9-13-17(14-10-7-5-3-1)18-15-11-8-12-16-18/h2,4,6,8-9,11-13,15-16H,1,3,5,7,10,14H2/b4-2+,9-6?,17-13?. The SMILES string of the molecule is C1=C/C=C/CCCCCCC(c2ccccc2)=C1. The van der Waals surface area contributed by atoms with Crippen molar-refractivity contribution in [3.8, 4) is 0 Å². The third kappa shape index (κ3) is 4.37. The van der Waals surface area contributed by atoms with Crippen molar-refractivity contribution < 1.29 is 0 Å². The molecule has 1 aromatic carbocycles. The summed E-state index contributed by atoms with van der Waals surface area (Å²) in [6.07, 6.45) is 18.8. The van der Waals surface area contributed by atoms with Crippen molar-refractivity contribution in [1.29, 1.82) is 0 Å². The molecule has 0 fully saturated rings. The van der Waals surface area contributed by atoms with Gasteiger partial charge in [0, 0.05) is 0 Å². The highest BCUT2D eigenvalue weighted by Gasteiger charge is 2.00. The van der Waals surface area contributed by atoms with Crippen molar-refractivity contribution in [2.75, 3.05) is 0 Å². The van der Waals surface area contributed by atoms with E-state index in [1.54, 1.807) is 0 Å². The highest BCUT2D eigenvalue weighted by Crippen LogP contribution is 2.22. The Balaban J connectivity index is 2.13. The van der Waals surface area contributed by atoms with Gasteiger partial charge in [-0.3, -0.25) is 0 Å². The van der Waals surface area contributed by atoms with Crippen LogP contribution in [0.2, 0.25) is 0 Å². The average molecular weight is 238 g/mol. The van der Waals surface area contributed by atoms with E-state index in [0.29, 0.717) is 0 Å². The summed E-state index contributed by atoms with van der Waals surface area (Å²) in [6.45, 7) is 0. The minimum Gasteiger partial charge on any atom is -0.0845 e. The highest BCUT2D eigenvalue weighted by atomic mass is 14.1. The first-order chi connectivity index (χ1) is 8.97. The Morgan fingerprint density at radius 2 is 1.56 bits per heavy atom. The van der Waals surface area contributed by atoms with Crippen LogP contribution in [-0.2, 0) is 0 Å². The van der Waals surface area contributed by atoms with Gasteiger partial charge in [0.15, 0.2) is 0 Å². The monoisotopic (exact) mass is 238 g/mol. The number of hydrogen-bond donors (Lipinski definition) is 0. The predicted molar refractivity (Wildman–Crippen MR) is 80.4 cm³/mol. The van der Waals surface area contributed by atoms with Gasteiger partial charge in [-0.1, -0.05) is 73.6 Å². The summed E-state index contributed by atoms with van der Waals surface area (Å²) in [5.74, 6) is 0. The Hall–Kier alpha value is -1.56. The summed E-state index contributed by atoms with van der Waals surface area (Å²) in [4.78, 5) is 0. The molecule has 1 aliphatic carbocycles. The maximum absolute atomic E-state index is 2.27. The molecule has 2 rings (SSSR count). The first-order valence-electron chi connectivity index (χ1n) is 7.04. The van der Waals surface area contributed by atoms with E-state index in [0.717, 1.165) is 0 Å². The molecule has 1 aliphatic rings. The molecular weight excluding hydrogens is 216 g/mol. The number of hydrogen-bond acceptors (Lipinski definition) is 0. The molecule has 0 aliphatic heterocycles. The van der Waals surface area contributed by atoms with Crippen LogP contribution >= 0.6 is 0 Å². The quantitative estimate of drug-likeness (QED) is 0.603. The molecule has 1 aromatic rings. The molecule has 0 atom stereocenters. The van der Waals surface area contributed by atoms with Gasteiger partial charge in [0.1, 0.15) is 0 Å². The van der Waals surface area contributed by atoms with E-state index in [4.69, 9.17) is 0 Å². The molecule has 0 amide bonds. The molecule has 18 heavy (non-hydrogen) atoms. The van der Waals surface area contributed by atoms with Crippen LogP contribution in [0.4, 0.5) is 0 Å². The fourth-order valence-corrected chi connectivity index (χ4v) is 2.32. The van der Waals surface area contributed by atoms with E-state index < -0.39 is 0 Å². The van der Waals surface area contributed by atoms with Crippen molar-refractivity contribution in [2.45, 2.75) is 38.5 Å². The van der Waals surface area contributed by atoms with Gasteiger partial charge in [-0.2, -0.15) is 0 Å². The molecule has 0 saturated heterocycles. The van der Waals surface area contributed by atoms with Crippen LogP contribution in [0.25, 0.3) is 5.57 Å². The zero-order valence-electron chi connectivity index (χ0n) is 11.0. The molecule has 0 bridgehead atoms. The van der Waals surface area contributed by atoms with Crippen LogP contribution < -0.4 is 0 Å². The predicted octanol–water partition coefficient (Wildman–Crippen LogP) is 5.54. The molecule has 0 nitrogen and oxygen atoms in total. The summed E-state index contributed by atoms with van der Waals surface area (Å²) in [5.41, 5.74) is 2.82. The first-order valence-corrected chi connectivity index (χ1v) is 7.04. The topological polar surface area (TPSA) is 0 Å². The Morgan fingerprint density at radius 3 is 2.44 bits per heavy atom. The smallest absolute Gasteiger partial charge is 0.0225 e. The maximum atomic E-state index is 2.27. The number of benzene rings is 1. The lowest BCUT2D eigenvalue weighted by Crippen LogP contribution is -1.86. The van der Waals surface area contributed by atoms with Crippen LogP contribution in [0.3, 0.4) is 0 Å². The van der Waals surface area contributed by atoms with E-state index in [2.05, 4.69) is 60.7 Å². The first kappa shape index (κ1) is 12.9. The van der Waals surface area contributed by atoms with Gasteiger partial charge in [0.2, 0.25) is 0 Å². The molecule has 0 radical (unpaired) electrons. The zero-order chi connectivity index (χ0) is 12.5.